The van der Waals surface area contributed by atoms with Gasteiger partial charge in [-0.25, -0.2) is 0 Å². The van der Waals surface area contributed by atoms with Gasteiger partial charge in [0.15, 0.2) is 0 Å². The predicted molar refractivity (Wildman–Crippen MR) is 84.4 cm³/mol. The maximum Gasteiger partial charge on any atom is 0.117 e. The summed E-state index contributed by atoms with van der Waals surface area (Å²) < 4.78 is 5.79. The van der Waals surface area contributed by atoms with Crippen molar-refractivity contribution < 1.29 is 4.74 Å². The summed E-state index contributed by atoms with van der Waals surface area (Å²) in [5.41, 5.74) is 8.45. The lowest BCUT2D eigenvalue weighted by Crippen LogP contribution is -2.54. The average Bonchev–Trinajstić information content (AvgIpc) is 2.49. The van der Waals surface area contributed by atoms with E-state index < -0.39 is 0 Å². The topological polar surface area (TPSA) is 38.5 Å². The summed E-state index contributed by atoms with van der Waals surface area (Å²) in [6, 6.07) is 21.1. The summed E-state index contributed by atoms with van der Waals surface area (Å²) in [4.78, 5) is 2.38. The summed E-state index contributed by atoms with van der Waals surface area (Å²) in [7, 11) is 0. The summed E-state index contributed by atoms with van der Waals surface area (Å²) in [6.07, 6.45) is 0.135. The van der Waals surface area contributed by atoms with E-state index in [1.165, 1.54) is 11.1 Å². The van der Waals surface area contributed by atoms with Crippen LogP contribution in [0.4, 0.5) is 0 Å². The molecule has 0 radical (unpaired) electrons. The Morgan fingerprint density at radius 1 is 0.905 bits per heavy atom. The molecule has 1 heterocycles. The molecule has 3 heteroatoms. The molecule has 0 spiro atoms. The zero-order valence-electron chi connectivity index (χ0n) is 12.2. The molecule has 0 aromatic heterocycles. The van der Waals surface area contributed by atoms with Crippen molar-refractivity contribution in [2.45, 2.75) is 19.3 Å². The van der Waals surface area contributed by atoms with Crippen LogP contribution in [0.5, 0.6) is 0 Å². The van der Waals surface area contributed by atoms with Gasteiger partial charge in [0.2, 0.25) is 0 Å². The number of nitrogens with zero attached hydrogens (tertiary/aromatic N) is 1. The first-order chi connectivity index (χ1) is 10.4. The molecule has 1 aliphatic rings. The Morgan fingerprint density at radius 3 is 1.81 bits per heavy atom. The summed E-state index contributed by atoms with van der Waals surface area (Å²) in [5.74, 6) is 0.442. The first kappa shape index (κ1) is 14.3. The Kier molecular flexibility index (Phi) is 4.65. The van der Waals surface area contributed by atoms with Crippen molar-refractivity contribution in [2.24, 2.45) is 11.7 Å². The van der Waals surface area contributed by atoms with E-state index in [4.69, 9.17) is 10.5 Å². The number of benzene rings is 2. The van der Waals surface area contributed by atoms with E-state index in [9.17, 15) is 0 Å². The molecule has 2 atom stereocenters. The minimum absolute atomic E-state index is 0.135. The van der Waals surface area contributed by atoms with Gasteiger partial charge in [-0.1, -0.05) is 60.7 Å². The van der Waals surface area contributed by atoms with Crippen LogP contribution in [0.1, 0.15) is 11.1 Å². The van der Waals surface area contributed by atoms with Crippen LogP contribution in [0.25, 0.3) is 0 Å². The van der Waals surface area contributed by atoms with Crippen LogP contribution in [0.3, 0.4) is 0 Å². The summed E-state index contributed by atoms with van der Waals surface area (Å²) >= 11 is 0. The molecule has 2 aromatic carbocycles. The number of ether oxygens (including phenoxy) is 1. The highest BCUT2D eigenvalue weighted by molar-refractivity contribution is 5.17. The van der Waals surface area contributed by atoms with Crippen LogP contribution in [-0.4, -0.2) is 24.3 Å². The molecule has 1 fully saturated rings. The van der Waals surface area contributed by atoms with Crippen molar-refractivity contribution in [3.05, 3.63) is 71.8 Å². The van der Waals surface area contributed by atoms with Crippen LogP contribution in [-0.2, 0) is 17.8 Å². The van der Waals surface area contributed by atoms with E-state index in [1.807, 2.05) is 12.1 Å². The van der Waals surface area contributed by atoms with Crippen LogP contribution >= 0.6 is 0 Å². The quantitative estimate of drug-likeness (QED) is 0.885. The maximum atomic E-state index is 5.84. The van der Waals surface area contributed by atoms with E-state index in [2.05, 4.69) is 53.4 Å². The second-order valence-electron chi connectivity index (χ2n) is 5.60. The molecule has 2 unspecified atom stereocenters. The zero-order valence-corrected chi connectivity index (χ0v) is 12.2. The first-order valence-electron chi connectivity index (χ1n) is 7.50. The van der Waals surface area contributed by atoms with Gasteiger partial charge in [-0.15, -0.1) is 0 Å². The van der Waals surface area contributed by atoms with Crippen molar-refractivity contribution in [1.82, 2.24) is 4.90 Å². The Balaban J connectivity index is 1.74. The van der Waals surface area contributed by atoms with Gasteiger partial charge in [0, 0.05) is 25.6 Å². The Morgan fingerprint density at radius 2 is 1.43 bits per heavy atom. The van der Waals surface area contributed by atoms with Gasteiger partial charge in [-0.05, 0) is 11.1 Å². The van der Waals surface area contributed by atoms with Gasteiger partial charge in [-0.3, -0.25) is 4.90 Å². The lowest BCUT2D eigenvalue weighted by atomic mass is 10.0. The highest BCUT2D eigenvalue weighted by Crippen LogP contribution is 2.26. The maximum absolute atomic E-state index is 5.84. The monoisotopic (exact) mass is 282 g/mol. The first-order valence-corrected chi connectivity index (χ1v) is 7.50. The third-order valence-electron chi connectivity index (χ3n) is 4.00. The van der Waals surface area contributed by atoms with Crippen LogP contribution in [0.15, 0.2) is 60.7 Å². The van der Waals surface area contributed by atoms with Crippen LogP contribution in [0.2, 0.25) is 0 Å². The summed E-state index contributed by atoms with van der Waals surface area (Å²) in [6.45, 7) is 3.24. The molecule has 0 amide bonds. The standard InChI is InChI=1S/C18H22N2O/c19-11-17-14-21-18(17)20(12-15-7-3-1-4-8-15)13-16-9-5-2-6-10-16/h1-10,17-18H,11-14,19H2. The van der Waals surface area contributed by atoms with Crippen molar-refractivity contribution in [3.63, 3.8) is 0 Å². The smallest absolute Gasteiger partial charge is 0.117 e. The number of nitrogens with two attached hydrogens (primary N) is 1. The third-order valence-corrected chi connectivity index (χ3v) is 4.00. The minimum Gasteiger partial charge on any atom is -0.362 e. The molecule has 110 valence electrons. The van der Waals surface area contributed by atoms with Crippen molar-refractivity contribution >= 4 is 0 Å². The van der Waals surface area contributed by atoms with Gasteiger partial charge in [-0.2, -0.15) is 0 Å². The zero-order chi connectivity index (χ0) is 14.5. The average molecular weight is 282 g/mol. The fraction of sp³-hybridized carbons (Fsp3) is 0.333. The third kappa shape index (κ3) is 3.50. The molecule has 21 heavy (non-hydrogen) atoms. The SMILES string of the molecule is NCC1COC1N(Cc1ccccc1)Cc1ccccc1. The molecular formula is C18H22N2O. The normalized spacial score (nSPS) is 21.2. The fourth-order valence-corrected chi connectivity index (χ4v) is 2.78. The summed E-state index contributed by atoms with van der Waals surface area (Å²) in [5, 5.41) is 0. The van der Waals surface area contributed by atoms with Crippen molar-refractivity contribution in [2.75, 3.05) is 13.2 Å². The molecule has 2 N–H and O–H groups in total. The van der Waals surface area contributed by atoms with Gasteiger partial charge in [0.05, 0.1) is 6.61 Å². The van der Waals surface area contributed by atoms with E-state index in [-0.39, 0.29) is 6.23 Å². The van der Waals surface area contributed by atoms with Crippen LogP contribution < -0.4 is 5.73 Å². The highest BCUT2D eigenvalue weighted by atomic mass is 16.5. The molecule has 3 nitrogen and oxygen atoms in total. The second kappa shape index (κ2) is 6.85. The molecule has 0 aliphatic carbocycles. The number of hydrogen-bond acceptors (Lipinski definition) is 3. The number of rotatable bonds is 6. The molecule has 1 saturated heterocycles. The van der Waals surface area contributed by atoms with Crippen molar-refractivity contribution in [3.8, 4) is 0 Å². The molecule has 3 rings (SSSR count). The predicted octanol–water partition coefficient (Wildman–Crippen LogP) is 2.62. The number of hydrogen-bond donors (Lipinski definition) is 1. The molecule has 0 saturated carbocycles. The lowest BCUT2D eigenvalue weighted by molar-refractivity contribution is -0.198. The van der Waals surface area contributed by atoms with Gasteiger partial charge < -0.3 is 10.5 Å². The van der Waals surface area contributed by atoms with Crippen molar-refractivity contribution in [1.29, 1.82) is 0 Å². The van der Waals surface area contributed by atoms with Gasteiger partial charge in [0.25, 0.3) is 0 Å². The second-order valence-corrected chi connectivity index (χ2v) is 5.60. The van der Waals surface area contributed by atoms with E-state index in [1.54, 1.807) is 0 Å². The van der Waals surface area contributed by atoms with E-state index in [0.29, 0.717) is 12.5 Å². The Labute approximate surface area is 126 Å². The molecule has 0 bridgehead atoms. The van der Waals surface area contributed by atoms with E-state index >= 15 is 0 Å². The lowest BCUT2D eigenvalue weighted by Gasteiger charge is -2.43. The molecule has 1 aliphatic heterocycles. The highest BCUT2D eigenvalue weighted by Gasteiger charge is 2.35. The van der Waals surface area contributed by atoms with Crippen LogP contribution in [0, 0.1) is 5.92 Å². The molecular weight excluding hydrogens is 260 g/mol. The Bertz CT molecular complexity index is 500. The molecule has 2 aromatic rings. The largest absolute Gasteiger partial charge is 0.362 e. The fourth-order valence-electron chi connectivity index (χ4n) is 2.78. The minimum atomic E-state index is 0.135. The van der Waals surface area contributed by atoms with Gasteiger partial charge in [0.1, 0.15) is 6.23 Å². The Hall–Kier alpha value is -1.68. The van der Waals surface area contributed by atoms with Gasteiger partial charge >= 0.3 is 0 Å². The van der Waals surface area contributed by atoms with E-state index in [0.717, 1.165) is 19.7 Å².